The number of aromatic nitrogens is 2. The van der Waals surface area contributed by atoms with Gasteiger partial charge in [0.1, 0.15) is 0 Å². The topological polar surface area (TPSA) is 69.8 Å². The van der Waals surface area contributed by atoms with Crippen molar-refractivity contribution in [2.45, 2.75) is 18.9 Å². The molecule has 1 aromatic rings. The summed E-state index contributed by atoms with van der Waals surface area (Å²) in [6, 6.07) is 0.707. The normalized spacial score (nSPS) is 15.4. The van der Waals surface area contributed by atoms with E-state index in [4.69, 9.17) is 0 Å². The van der Waals surface area contributed by atoms with Gasteiger partial charge in [0, 0.05) is 31.5 Å². The van der Waals surface area contributed by atoms with Crippen LogP contribution in [0.4, 0.5) is 5.82 Å². The fourth-order valence-corrected chi connectivity index (χ4v) is 1.22. The summed E-state index contributed by atoms with van der Waals surface area (Å²) in [5.41, 5.74) is -0.168. The molecule has 0 atom stereocenters. The van der Waals surface area contributed by atoms with Crippen LogP contribution in [0.15, 0.2) is 17.2 Å². The number of rotatable bonds is 5. The van der Waals surface area contributed by atoms with Crippen molar-refractivity contribution in [3.63, 3.8) is 0 Å². The van der Waals surface area contributed by atoms with Crippen LogP contribution in [0, 0.1) is 0 Å². The van der Waals surface area contributed by atoms with E-state index in [9.17, 15) is 4.79 Å². The van der Waals surface area contributed by atoms with Crippen LogP contribution in [0.25, 0.3) is 0 Å². The van der Waals surface area contributed by atoms with E-state index >= 15 is 0 Å². The Hall–Kier alpha value is -1.36. The zero-order valence-electron chi connectivity index (χ0n) is 7.92. The summed E-state index contributed by atoms with van der Waals surface area (Å²) in [4.78, 5) is 17.6. The first kappa shape index (κ1) is 9.21. The smallest absolute Gasteiger partial charge is 0.290 e. The molecule has 0 bridgehead atoms. The molecule has 0 aliphatic heterocycles. The number of nitrogens with one attached hydrogen (secondary N) is 3. The van der Waals surface area contributed by atoms with E-state index in [2.05, 4.69) is 20.6 Å². The Bertz CT molecular complexity index is 345. The second-order valence-electron chi connectivity index (χ2n) is 3.42. The molecular weight excluding hydrogens is 180 g/mol. The lowest BCUT2D eigenvalue weighted by atomic mass is 10.5. The highest BCUT2D eigenvalue weighted by Crippen LogP contribution is 2.17. The first-order valence-corrected chi connectivity index (χ1v) is 4.87. The minimum atomic E-state index is -0.168. The number of anilines is 1. The summed E-state index contributed by atoms with van der Waals surface area (Å²) in [5.74, 6) is 0.394. The van der Waals surface area contributed by atoms with Crippen molar-refractivity contribution in [3.8, 4) is 0 Å². The van der Waals surface area contributed by atoms with Gasteiger partial charge in [0.05, 0.1) is 0 Å². The van der Waals surface area contributed by atoms with Gasteiger partial charge < -0.3 is 15.6 Å². The van der Waals surface area contributed by atoms with Crippen LogP contribution in [0.2, 0.25) is 0 Å². The molecule has 0 unspecified atom stereocenters. The van der Waals surface area contributed by atoms with Gasteiger partial charge in [-0.25, -0.2) is 4.98 Å². The molecule has 1 saturated carbocycles. The van der Waals surface area contributed by atoms with Crippen LogP contribution < -0.4 is 16.2 Å². The van der Waals surface area contributed by atoms with E-state index in [1.807, 2.05) is 0 Å². The van der Waals surface area contributed by atoms with E-state index in [1.54, 1.807) is 6.20 Å². The highest BCUT2D eigenvalue weighted by atomic mass is 16.1. The molecule has 1 aliphatic rings. The molecule has 3 N–H and O–H groups in total. The van der Waals surface area contributed by atoms with E-state index < -0.39 is 0 Å². The summed E-state index contributed by atoms with van der Waals surface area (Å²) in [7, 11) is 0. The van der Waals surface area contributed by atoms with Crippen molar-refractivity contribution >= 4 is 5.82 Å². The molecule has 5 nitrogen and oxygen atoms in total. The largest absolute Gasteiger partial charge is 0.364 e. The fraction of sp³-hybridized carbons (Fsp3) is 0.556. The molecule has 0 radical (unpaired) electrons. The monoisotopic (exact) mass is 194 g/mol. The SMILES string of the molecule is O=c1[nH]ccnc1NCCNC1CC1. The van der Waals surface area contributed by atoms with Gasteiger partial charge in [-0.1, -0.05) is 0 Å². The zero-order chi connectivity index (χ0) is 9.80. The Morgan fingerprint density at radius 2 is 2.36 bits per heavy atom. The van der Waals surface area contributed by atoms with Crippen LogP contribution in [-0.2, 0) is 0 Å². The average molecular weight is 194 g/mol. The van der Waals surface area contributed by atoms with Crippen molar-refractivity contribution in [2.24, 2.45) is 0 Å². The summed E-state index contributed by atoms with van der Waals surface area (Å²) >= 11 is 0. The molecule has 1 aromatic heterocycles. The predicted octanol–water partition coefficient (Wildman–Crippen LogP) is -0.0662. The second-order valence-corrected chi connectivity index (χ2v) is 3.42. The van der Waals surface area contributed by atoms with E-state index in [0.717, 1.165) is 13.1 Å². The summed E-state index contributed by atoms with van der Waals surface area (Å²) in [6.45, 7) is 1.61. The van der Waals surface area contributed by atoms with Crippen molar-refractivity contribution < 1.29 is 0 Å². The third-order valence-electron chi connectivity index (χ3n) is 2.14. The first-order chi connectivity index (χ1) is 6.86. The number of aromatic amines is 1. The van der Waals surface area contributed by atoms with Crippen molar-refractivity contribution in [1.82, 2.24) is 15.3 Å². The quantitative estimate of drug-likeness (QED) is 0.574. The van der Waals surface area contributed by atoms with Gasteiger partial charge in [0.25, 0.3) is 5.56 Å². The number of H-pyrrole nitrogens is 1. The van der Waals surface area contributed by atoms with Gasteiger partial charge in [-0.05, 0) is 12.8 Å². The van der Waals surface area contributed by atoms with Gasteiger partial charge in [-0.15, -0.1) is 0 Å². The van der Waals surface area contributed by atoms with Gasteiger partial charge in [0.15, 0.2) is 5.82 Å². The highest BCUT2D eigenvalue weighted by Gasteiger charge is 2.19. The van der Waals surface area contributed by atoms with Gasteiger partial charge in [-0.2, -0.15) is 0 Å². The van der Waals surface area contributed by atoms with Crippen molar-refractivity contribution in [3.05, 3.63) is 22.7 Å². The highest BCUT2D eigenvalue weighted by molar-refractivity contribution is 5.29. The Morgan fingerprint density at radius 3 is 3.07 bits per heavy atom. The molecule has 2 rings (SSSR count). The minimum absolute atomic E-state index is 0.168. The number of hydrogen-bond donors (Lipinski definition) is 3. The molecule has 14 heavy (non-hydrogen) atoms. The van der Waals surface area contributed by atoms with Crippen molar-refractivity contribution in [2.75, 3.05) is 18.4 Å². The molecule has 1 aliphatic carbocycles. The summed E-state index contributed by atoms with van der Waals surface area (Å²) in [6.07, 6.45) is 5.66. The predicted molar refractivity (Wildman–Crippen MR) is 54.4 cm³/mol. The maximum Gasteiger partial charge on any atom is 0.290 e. The Morgan fingerprint density at radius 1 is 1.50 bits per heavy atom. The van der Waals surface area contributed by atoms with Crippen LogP contribution in [0.1, 0.15) is 12.8 Å². The fourth-order valence-electron chi connectivity index (χ4n) is 1.22. The number of nitrogens with zero attached hydrogens (tertiary/aromatic N) is 1. The first-order valence-electron chi connectivity index (χ1n) is 4.87. The Kier molecular flexibility index (Phi) is 2.78. The van der Waals surface area contributed by atoms with Gasteiger partial charge in [0.2, 0.25) is 0 Å². The molecule has 76 valence electrons. The van der Waals surface area contributed by atoms with E-state index in [-0.39, 0.29) is 5.56 Å². The molecule has 1 fully saturated rings. The maximum atomic E-state index is 11.2. The zero-order valence-corrected chi connectivity index (χ0v) is 7.92. The number of hydrogen-bond acceptors (Lipinski definition) is 4. The van der Waals surface area contributed by atoms with Crippen molar-refractivity contribution in [1.29, 1.82) is 0 Å². The molecule has 0 aromatic carbocycles. The second kappa shape index (κ2) is 4.23. The lowest BCUT2D eigenvalue weighted by Gasteiger charge is -2.04. The summed E-state index contributed by atoms with van der Waals surface area (Å²) < 4.78 is 0. The molecule has 1 heterocycles. The molecule has 5 heteroatoms. The van der Waals surface area contributed by atoms with Crippen LogP contribution in [0.3, 0.4) is 0 Å². The molecule has 0 amide bonds. The molecule has 0 spiro atoms. The third-order valence-corrected chi connectivity index (χ3v) is 2.14. The maximum absolute atomic E-state index is 11.2. The standard InChI is InChI=1S/C9H14N4O/c14-9-8(12-5-6-13-9)11-4-3-10-7-1-2-7/h5-7,10H,1-4H2,(H,11,12)(H,13,14). The lowest BCUT2D eigenvalue weighted by molar-refractivity contribution is 0.700. The van der Waals surface area contributed by atoms with Gasteiger partial charge >= 0.3 is 0 Å². The average Bonchev–Trinajstić information content (AvgIpc) is 2.99. The summed E-state index contributed by atoms with van der Waals surface area (Å²) in [5, 5.41) is 6.32. The molecule has 0 saturated heterocycles. The Labute approximate surface area is 82.0 Å². The van der Waals surface area contributed by atoms with E-state index in [1.165, 1.54) is 19.0 Å². The van der Waals surface area contributed by atoms with Crippen LogP contribution >= 0.6 is 0 Å². The van der Waals surface area contributed by atoms with Gasteiger partial charge in [-0.3, -0.25) is 4.79 Å². The van der Waals surface area contributed by atoms with Crippen LogP contribution in [-0.4, -0.2) is 29.1 Å². The lowest BCUT2D eigenvalue weighted by Crippen LogP contribution is -2.26. The molecular formula is C9H14N4O. The third kappa shape index (κ3) is 2.56. The Balaban J connectivity index is 1.73. The minimum Gasteiger partial charge on any atom is -0.364 e. The van der Waals surface area contributed by atoms with E-state index in [0.29, 0.717) is 11.9 Å². The van der Waals surface area contributed by atoms with Crippen LogP contribution in [0.5, 0.6) is 0 Å².